The van der Waals surface area contributed by atoms with Crippen LogP contribution in [0.1, 0.15) is 26.5 Å². The number of benzene rings is 2. The van der Waals surface area contributed by atoms with Gasteiger partial charge in [0.25, 0.3) is 5.91 Å². The van der Waals surface area contributed by atoms with Crippen LogP contribution in [0.3, 0.4) is 0 Å². The summed E-state index contributed by atoms with van der Waals surface area (Å²) in [6.45, 7) is 9.51. The Labute approximate surface area is 200 Å². The van der Waals surface area contributed by atoms with E-state index in [9.17, 15) is 4.79 Å². The zero-order valence-corrected chi connectivity index (χ0v) is 20.8. The fourth-order valence-electron chi connectivity index (χ4n) is 4.29. The monoisotopic (exact) mass is 508 g/mol. The van der Waals surface area contributed by atoms with Crippen LogP contribution in [-0.4, -0.2) is 46.8 Å². The van der Waals surface area contributed by atoms with Crippen molar-refractivity contribution < 1.29 is 4.79 Å². The van der Waals surface area contributed by atoms with Crippen molar-refractivity contribution in [3.05, 3.63) is 74.7 Å². The Morgan fingerprint density at radius 3 is 2.44 bits per heavy atom. The van der Waals surface area contributed by atoms with E-state index in [1.165, 1.54) is 28.2 Å². The second kappa shape index (κ2) is 8.37. The lowest BCUT2D eigenvalue weighted by Gasteiger charge is -2.36. The molecule has 0 radical (unpaired) electrons. The van der Waals surface area contributed by atoms with Gasteiger partial charge in [0.05, 0.1) is 16.3 Å². The molecule has 0 aliphatic carbocycles. The van der Waals surface area contributed by atoms with E-state index in [4.69, 9.17) is 5.10 Å². The summed E-state index contributed by atoms with van der Waals surface area (Å²) in [5.74, 6) is 0.119. The number of fused-ring (bicyclic) bond motifs is 1. The number of hydrogen-bond donors (Lipinski definition) is 0. The number of carbonyl (C=O) groups is 1. The van der Waals surface area contributed by atoms with Crippen molar-refractivity contribution in [3.63, 3.8) is 0 Å². The number of halogens is 1. The van der Waals surface area contributed by atoms with Gasteiger partial charge in [-0.1, -0.05) is 28.1 Å². The van der Waals surface area contributed by atoms with Crippen LogP contribution in [0.25, 0.3) is 15.9 Å². The first-order valence-corrected chi connectivity index (χ1v) is 12.4. The maximum atomic E-state index is 13.3. The van der Waals surface area contributed by atoms with Gasteiger partial charge in [-0.25, -0.2) is 4.68 Å². The molecule has 0 N–H and O–H groups in total. The molecule has 1 aliphatic rings. The Bertz CT molecular complexity index is 1300. The van der Waals surface area contributed by atoms with Crippen molar-refractivity contribution in [1.82, 2.24) is 14.7 Å². The van der Waals surface area contributed by atoms with Gasteiger partial charge in [-0.3, -0.25) is 4.79 Å². The maximum Gasteiger partial charge on any atom is 0.264 e. The van der Waals surface area contributed by atoms with Crippen molar-refractivity contribution in [3.8, 4) is 5.69 Å². The first-order valence-electron chi connectivity index (χ1n) is 10.8. The van der Waals surface area contributed by atoms with Gasteiger partial charge in [-0.05, 0) is 68.3 Å². The molecule has 0 saturated carbocycles. The number of thiophene rings is 1. The largest absolute Gasteiger partial charge is 0.368 e. The fourth-order valence-corrected chi connectivity index (χ4v) is 5.71. The quantitative estimate of drug-likeness (QED) is 0.354. The molecule has 32 heavy (non-hydrogen) atoms. The summed E-state index contributed by atoms with van der Waals surface area (Å²) in [7, 11) is 0. The van der Waals surface area contributed by atoms with E-state index in [2.05, 4.69) is 52.9 Å². The zero-order chi connectivity index (χ0) is 22.4. The Morgan fingerprint density at radius 2 is 1.72 bits per heavy atom. The first kappa shape index (κ1) is 21.2. The average Bonchev–Trinajstić information content (AvgIpc) is 3.37. The van der Waals surface area contributed by atoms with Crippen LogP contribution < -0.4 is 4.90 Å². The van der Waals surface area contributed by atoms with Crippen molar-refractivity contribution >= 4 is 49.1 Å². The van der Waals surface area contributed by atoms with Crippen LogP contribution in [0, 0.1) is 20.8 Å². The number of rotatable bonds is 3. The highest BCUT2D eigenvalue weighted by Gasteiger charge is 2.25. The third-order valence-electron chi connectivity index (χ3n) is 6.31. The number of nitrogens with zero attached hydrogens (tertiary/aromatic N) is 4. The summed E-state index contributed by atoms with van der Waals surface area (Å²) < 4.78 is 2.97. The highest BCUT2D eigenvalue weighted by Crippen LogP contribution is 2.32. The normalized spacial score (nSPS) is 14.4. The minimum Gasteiger partial charge on any atom is -0.368 e. The SMILES string of the molecule is Cc1cccc(N2CCN(C(=O)c3cc4c(C)nn(-c5ccc(Br)cc5)c4s3)CC2)c1C. The highest BCUT2D eigenvalue weighted by atomic mass is 79.9. The minimum absolute atomic E-state index is 0.119. The number of aromatic nitrogens is 2. The molecule has 164 valence electrons. The van der Waals surface area contributed by atoms with Gasteiger partial charge in [0.2, 0.25) is 0 Å². The van der Waals surface area contributed by atoms with Crippen molar-refractivity contribution in [1.29, 1.82) is 0 Å². The summed E-state index contributed by atoms with van der Waals surface area (Å²) in [4.78, 5) is 19.5. The number of anilines is 1. The van der Waals surface area contributed by atoms with Crippen LogP contribution in [-0.2, 0) is 0 Å². The van der Waals surface area contributed by atoms with E-state index in [-0.39, 0.29) is 5.91 Å². The molecule has 3 heterocycles. The van der Waals surface area contributed by atoms with Gasteiger partial charge in [-0.15, -0.1) is 11.3 Å². The summed E-state index contributed by atoms with van der Waals surface area (Å²) in [5, 5.41) is 5.75. The van der Waals surface area contributed by atoms with Crippen LogP contribution in [0.15, 0.2) is 53.0 Å². The van der Waals surface area contributed by atoms with Crippen LogP contribution in [0.5, 0.6) is 0 Å². The van der Waals surface area contributed by atoms with Crippen LogP contribution >= 0.6 is 27.3 Å². The zero-order valence-electron chi connectivity index (χ0n) is 18.4. The Kier molecular flexibility index (Phi) is 5.55. The Morgan fingerprint density at radius 1 is 1.00 bits per heavy atom. The molecule has 0 bridgehead atoms. The summed E-state index contributed by atoms with van der Waals surface area (Å²) in [5.41, 5.74) is 5.85. The second-order valence-corrected chi connectivity index (χ2v) is 10.2. The number of piperazine rings is 1. The lowest BCUT2D eigenvalue weighted by Crippen LogP contribution is -2.48. The number of aryl methyl sites for hydroxylation is 2. The Balaban J connectivity index is 1.36. The fraction of sp³-hybridized carbons (Fsp3) is 0.280. The molecule has 1 amide bonds. The molecule has 1 aliphatic heterocycles. The van der Waals surface area contributed by atoms with Gasteiger partial charge in [0, 0.05) is 41.7 Å². The van der Waals surface area contributed by atoms with Crippen molar-refractivity contribution in [2.75, 3.05) is 31.1 Å². The molecule has 4 aromatic rings. The second-order valence-electron chi connectivity index (χ2n) is 8.30. The first-order chi connectivity index (χ1) is 15.4. The molecule has 1 fully saturated rings. The van der Waals surface area contributed by atoms with Crippen molar-refractivity contribution in [2.24, 2.45) is 0 Å². The molecule has 2 aromatic heterocycles. The molecule has 5 rings (SSSR count). The van der Waals surface area contributed by atoms with E-state index < -0.39 is 0 Å². The van der Waals surface area contributed by atoms with Gasteiger partial charge in [-0.2, -0.15) is 5.10 Å². The average molecular weight is 509 g/mol. The summed E-state index contributed by atoms with van der Waals surface area (Å²) in [6, 6.07) is 16.5. The molecule has 7 heteroatoms. The standard InChI is InChI=1S/C25H25BrN4OS/c1-16-5-4-6-22(17(16)2)28-11-13-29(14-12-28)24(31)23-15-21-18(3)27-30(25(21)32-23)20-9-7-19(26)8-10-20/h4-10,15H,11-14H2,1-3H3. The molecular weight excluding hydrogens is 484 g/mol. The van der Waals surface area contributed by atoms with E-state index >= 15 is 0 Å². The predicted octanol–water partition coefficient (Wildman–Crippen LogP) is 5.74. The number of carbonyl (C=O) groups excluding carboxylic acids is 1. The van der Waals surface area contributed by atoms with Gasteiger partial charge in [0.1, 0.15) is 4.83 Å². The maximum absolute atomic E-state index is 13.3. The van der Waals surface area contributed by atoms with Gasteiger partial charge < -0.3 is 9.80 Å². The summed E-state index contributed by atoms with van der Waals surface area (Å²) >= 11 is 5.02. The van der Waals surface area contributed by atoms with E-state index in [1.54, 1.807) is 0 Å². The van der Waals surface area contributed by atoms with Crippen LogP contribution in [0.4, 0.5) is 5.69 Å². The van der Waals surface area contributed by atoms with E-state index in [0.29, 0.717) is 0 Å². The molecule has 1 saturated heterocycles. The number of amides is 1. The predicted molar refractivity (Wildman–Crippen MR) is 135 cm³/mol. The third kappa shape index (κ3) is 3.73. The third-order valence-corrected chi connectivity index (χ3v) is 7.94. The summed E-state index contributed by atoms with van der Waals surface area (Å²) in [6.07, 6.45) is 0. The lowest BCUT2D eigenvalue weighted by atomic mass is 10.1. The van der Waals surface area contributed by atoms with E-state index in [1.807, 2.05) is 46.8 Å². The molecule has 2 aromatic carbocycles. The lowest BCUT2D eigenvalue weighted by molar-refractivity contribution is 0.0751. The smallest absolute Gasteiger partial charge is 0.264 e. The molecule has 0 atom stereocenters. The van der Waals surface area contributed by atoms with Gasteiger partial charge in [0.15, 0.2) is 0 Å². The minimum atomic E-state index is 0.119. The topological polar surface area (TPSA) is 41.4 Å². The highest BCUT2D eigenvalue weighted by molar-refractivity contribution is 9.10. The molecule has 5 nitrogen and oxygen atoms in total. The Hall–Kier alpha value is -2.64. The molecule has 0 spiro atoms. The molecule has 0 unspecified atom stereocenters. The van der Waals surface area contributed by atoms with Gasteiger partial charge >= 0.3 is 0 Å². The molecular formula is C25H25BrN4OS. The number of hydrogen-bond acceptors (Lipinski definition) is 4. The van der Waals surface area contributed by atoms with Crippen molar-refractivity contribution in [2.45, 2.75) is 20.8 Å². The van der Waals surface area contributed by atoms with Crippen LogP contribution in [0.2, 0.25) is 0 Å². The van der Waals surface area contributed by atoms with E-state index in [0.717, 1.165) is 57.1 Å².